The number of hydrogen-bond acceptors (Lipinski definition) is 2. The molecule has 1 unspecified atom stereocenters. The molecule has 2 N–H and O–H groups in total. The van der Waals surface area contributed by atoms with Gasteiger partial charge < -0.3 is 10.5 Å². The Morgan fingerprint density at radius 2 is 2.21 bits per heavy atom. The fourth-order valence-electron chi connectivity index (χ4n) is 1.31. The molecule has 0 bridgehead atoms. The van der Waals surface area contributed by atoms with Crippen molar-refractivity contribution in [2.75, 3.05) is 6.61 Å². The highest BCUT2D eigenvalue weighted by Crippen LogP contribution is 2.19. The van der Waals surface area contributed by atoms with Gasteiger partial charge in [-0.2, -0.15) is 0 Å². The van der Waals surface area contributed by atoms with Crippen molar-refractivity contribution in [2.45, 2.75) is 19.4 Å². The van der Waals surface area contributed by atoms with E-state index in [1.807, 2.05) is 31.2 Å². The van der Waals surface area contributed by atoms with Crippen LogP contribution in [0.1, 0.15) is 12.5 Å². The van der Waals surface area contributed by atoms with Crippen LogP contribution < -0.4 is 10.5 Å². The molecule has 0 radical (unpaired) electrons. The van der Waals surface area contributed by atoms with Crippen LogP contribution in [-0.4, -0.2) is 12.6 Å². The summed E-state index contributed by atoms with van der Waals surface area (Å²) < 4.78 is 5.51. The molecule has 1 aromatic rings. The lowest BCUT2D eigenvalue weighted by molar-refractivity contribution is 0.358. The van der Waals surface area contributed by atoms with Crippen molar-refractivity contribution >= 4 is 0 Å². The van der Waals surface area contributed by atoms with Gasteiger partial charge in [0.15, 0.2) is 0 Å². The molecule has 0 aliphatic heterocycles. The Hall–Kier alpha value is -1.28. The van der Waals surface area contributed by atoms with Crippen LogP contribution in [0.4, 0.5) is 0 Å². The molecule has 1 rings (SSSR count). The monoisotopic (exact) mass is 191 g/mol. The summed E-state index contributed by atoms with van der Waals surface area (Å²) in [6.45, 7) is 6.14. The largest absolute Gasteiger partial charge is 0.489 e. The lowest BCUT2D eigenvalue weighted by Crippen LogP contribution is -2.18. The smallest absolute Gasteiger partial charge is 0.123 e. The summed E-state index contributed by atoms with van der Waals surface area (Å²) in [5.41, 5.74) is 6.90. The van der Waals surface area contributed by atoms with E-state index in [1.54, 1.807) is 6.08 Å². The second kappa shape index (κ2) is 5.45. The van der Waals surface area contributed by atoms with Crippen molar-refractivity contribution in [1.82, 2.24) is 0 Å². The van der Waals surface area contributed by atoms with Gasteiger partial charge in [0, 0.05) is 6.04 Å². The fraction of sp³-hybridized carbons (Fsp3) is 0.333. The normalized spacial score (nSPS) is 12.1. The first kappa shape index (κ1) is 10.8. The molecular formula is C12H17NO. The standard InChI is InChI=1S/C12H17NO/c1-3-8-14-12-7-5-4-6-11(12)9-10(2)13/h3-7,10H,1,8-9,13H2,2H3. The van der Waals surface area contributed by atoms with E-state index in [4.69, 9.17) is 10.5 Å². The van der Waals surface area contributed by atoms with Crippen molar-refractivity contribution in [1.29, 1.82) is 0 Å². The molecular weight excluding hydrogens is 174 g/mol. The topological polar surface area (TPSA) is 35.2 Å². The summed E-state index contributed by atoms with van der Waals surface area (Å²) in [7, 11) is 0. The summed E-state index contributed by atoms with van der Waals surface area (Å²) in [6, 6.07) is 8.12. The van der Waals surface area contributed by atoms with Crippen LogP contribution >= 0.6 is 0 Å². The van der Waals surface area contributed by atoms with E-state index in [9.17, 15) is 0 Å². The van der Waals surface area contributed by atoms with Gasteiger partial charge >= 0.3 is 0 Å². The van der Waals surface area contributed by atoms with E-state index in [-0.39, 0.29) is 6.04 Å². The van der Waals surface area contributed by atoms with Gasteiger partial charge in [0.2, 0.25) is 0 Å². The summed E-state index contributed by atoms with van der Waals surface area (Å²) in [5.74, 6) is 0.907. The zero-order valence-electron chi connectivity index (χ0n) is 8.57. The highest BCUT2D eigenvalue weighted by atomic mass is 16.5. The van der Waals surface area contributed by atoms with Crippen LogP contribution in [0.3, 0.4) is 0 Å². The van der Waals surface area contributed by atoms with E-state index in [2.05, 4.69) is 6.58 Å². The van der Waals surface area contributed by atoms with Gasteiger partial charge in [0.1, 0.15) is 12.4 Å². The Balaban J connectivity index is 2.74. The lowest BCUT2D eigenvalue weighted by atomic mass is 10.1. The third-order valence-corrected chi connectivity index (χ3v) is 1.87. The molecule has 0 saturated heterocycles. The van der Waals surface area contributed by atoms with Gasteiger partial charge in [0.25, 0.3) is 0 Å². The molecule has 0 amide bonds. The maximum absolute atomic E-state index is 5.75. The molecule has 76 valence electrons. The minimum atomic E-state index is 0.156. The number of benzene rings is 1. The Morgan fingerprint density at radius 3 is 2.86 bits per heavy atom. The third kappa shape index (κ3) is 3.23. The van der Waals surface area contributed by atoms with Crippen LogP contribution in [0.5, 0.6) is 5.75 Å². The Labute approximate surface area is 85.4 Å². The summed E-state index contributed by atoms with van der Waals surface area (Å²) in [5, 5.41) is 0. The van der Waals surface area contributed by atoms with Crippen molar-refractivity contribution < 1.29 is 4.74 Å². The number of rotatable bonds is 5. The van der Waals surface area contributed by atoms with Crippen molar-refractivity contribution in [3.63, 3.8) is 0 Å². The average Bonchev–Trinajstić information content (AvgIpc) is 2.16. The van der Waals surface area contributed by atoms with Gasteiger partial charge in [-0.15, -0.1) is 0 Å². The van der Waals surface area contributed by atoms with Crippen molar-refractivity contribution in [3.8, 4) is 5.75 Å². The molecule has 0 aromatic heterocycles. The lowest BCUT2D eigenvalue weighted by Gasteiger charge is -2.11. The molecule has 1 atom stereocenters. The Kier molecular flexibility index (Phi) is 4.20. The average molecular weight is 191 g/mol. The highest BCUT2D eigenvalue weighted by Gasteiger charge is 2.04. The quantitative estimate of drug-likeness (QED) is 0.724. The van der Waals surface area contributed by atoms with E-state index >= 15 is 0 Å². The van der Waals surface area contributed by atoms with E-state index in [0.29, 0.717) is 6.61 Å². The first-order chi connectivity index (χ1) is 6.74. The number of nitrogens with two attached hydrogens (primary N) is 1. The summed E-state index contributed by atoms with van der Waals surface area (Å²) in [6.07, 6.45) is 2.58. The van der Waals surface area contributed by atoms with E-state index < -0.39 is 0 Å². The third-order valence-electron chi connectivity index (χ3n) is 1.87. The van der Waals surface area contributed by atoms with Crippen LogP contribution in [0.25, 0.3) is 0 Å². The second-order valence-corrected chi connectivity index (χ2v) is 3.39. The minimum Gasteiger partial charge on any atom is -0.489 e. The second-order valence-electron chi connectivity index (χ2n) is 3.39. The number of para-hydroxylation sites is 1. The van der Waals surface area contributed by atoms with Gasteiger partial charge in [-0.1, -0.05) is 30.9 Å². The fourth-order valence-corrected chi connectivity index (χ4v) is 1.31. The first-order valence-electron chi connectivity index (χ1n) is 4.81. The highest BCUT2D eigenvalue weighted by molar-refractivity contribution is 5.34. The van der Waals surface area contributed by atoms with Crippen LogP contribution in [0.2, 0.25) is 0 Å². The molecule has 0 aliphatic carbocycles. The molecule has 1 aromatic carbocycles. The molecule has 2 heteroatoms. The Bertz CT molecular complexity index is 294. The summed E-state index contributed by atoms with van der Waals surface area (Å²) in [4.78, 5) is 0. The number of ether oxygens (including phenoxy) is 1. The van der Waals surface area contributed by atoms with Crippen LogP contribution in [0.15, 0.2) is 36.9 Å². The molecule has 0 heterocycles. The molecule has 0 spiro atoms. The molecule has 0 aliphatic rings. The molecule has 0 saturated carbocycles. The maximum Gasteiger partial charge on any atom is 0.123 e. The zero-order valence-corrected chi connectivity index (χ0v) is 8.57. The van der Waals surface area contributed by atoms with Crippen molar-refractivity contribution in [3.05, 3.63) is 42.5 Å². The first-order valence-corrected chi connectivity index (χ1v) is 4.81. The summed E-state index contributed by atoms with van der Waals surface area (Å²) >= 11 is 0. The minimum absolute atomic E-state index is 0.156. The van der Waals surface area contributed by atoms with Gasteiger partial charge in [0.05, 0.1) is 0 Å². The molecule has 2 nitrogen and oxygen atoms in total. The number of hydrogen-bond donors (Lipinski definition) is 1. The van der Waals surface area contributed by atoms with E-state index in [0.717, 1.165) is 17.7 Å². The van der Waals surface area contributed by atoms with Gasteiger partial charge in [-0.25, -0.2) is 0 Å². The van der Waals surface area contributed by atoms with Crippen LogP contribution in [-0.2, 0) is 6.42 Å². The van der Waals surface area contributed by atoms with Gasteiger partial charge in [-0.05, 0) is 25.0 Å². The predicted octanol–water partition coefficient (Wildman–Crippen LogP) is 2.14. The Morgan fingerprint density at radius 1 is 1.50 bits per heavy atom. The van der Waals surface area contributed by atoms with Crippen LogP contribution in [0, 0.1) is 0 Å². The predicted molar refractivity (Wildman–Crippen MR) is 59.5 cm³/mol. The van der Waals surface area contributed by atoms with Crippen molar-refractivity contribution in [2.24, 2.45) is 5.73 Å². The molecule has 14 heavy (non-hydrogen) atoms. The zero-order chi connectivity index (χ0) is 10.4. The molecule has 0 fully saturated rings. The van der Waals surface area contributed by atoms with Gasteiger partial charge in [-0.3, -0.25) is 0 Å². The SMILES string of the molecule is C=CCOc1ccccc1CC(C)N. The maximum atomic E-state index is 5.75. The van der Waals surface area contributed by atoms with E-state index in [1.165, 1.54) is 0 Å².